The molecule has 2 aromatic carbocycles. The Morgan fingerprint density at radius 1 is 1.04 bits per heavy atom. The Kier molecular flexibility index (Phi) is 5.16. The van der Waals surface area contributed by atoms with Gasteiger partial charge in [0.2, 0.25) is 5.91 Å². The Labute approximate surface area is 154 Å². The highest BCUT2D eigenvalue weighted by atomic mass is 16.2. The fourth-order valence-electron chi connectivity index (χ4n) is 2.89. The van der Waals surface area contributed by atoms with Gasteiger partial charge in [0.25, 0.3) is 0 Å². The van der Waals surface area contributed by atoms with Gasteiger partial charge in [0, 0.05) is 5.56 Å². The normalized spacial score (nSPS) is 12.6. The predicted molar refractivity (Wildman–Crippen MR) is 102 cm³/mol. The summed E-state index contributed by atoms with van der Waals surface area (Å²) in [4.78, 5) is 16.9. The third-order valence-electron chi connectivity index (χ3n) is 4.18. The second kappa shape index (κ2) is 7.52. The zero-order valence-electron chi connectivity index (χ0n) is 15.4. The lowest BCUT2D eigenvalue weighted by atomic mass is 9.82. The summed E-state index contributed by atoms with van der Waals surface area (Å²) in [6.45, 7) is 6.50. The molecule has 0 unspecified atom stereocenters. The van der Waals surface area contributed by atoms with Crippen molar-refractivity contribution in [2.75, 3.05) is 0 Å². The van der Waals surface area contributed by atoms with Crippen molar-refractivity contribution in [2.24, 2.45) is 5.41 Å². The highest BCUT2D eigenvalue weighted by molar-refractivity contribution is 5.76. The highest BCUT2D eigenvalue weighted by Crippen LogP contribution is 2.32. The van der Waals surface area contributed by atoms with Gasteiger partial charge in [0.1, 0.15) is 12.9 Å². The Morgan fingerprint density at radius 3 is 2.27 bits per heavy atom. The summed E-state index contributed by atoms with van der Waals surface area (Å²) in [6.07, 6.45) is 1.59. The zero-order chi connectivity index (χ0) is 18.6. The standard InChI is InChI=1S/C21H24N4O/c1-21(2,3)19(16-10-6-4-7-11-16)23-18(26)14-25-15-22-20(24-25)17-12-8-5-9-13-17/h4-13,15,19H,14H2,1-3H3,(H,23,26)/t19-/m0/s1. The Bertz CT molecular complexity index is 850. The van der Waals surface area contributed by atoms with E-state index >= 15 is 0 Å². The van der Waals surface area contributed by atoms with Crippen LogP contribution in [-0.4, -0.2) is 20.7 Å². The van der Waals surface area contributed by atoms with Gasteiger partial charge in [0.05, 0.1) is 6.04 Å². The average molecular weight is 348 g/mol. The van der Waals surface area contributed by atoms with Crippen LogP contribution in [0.15, 0.2) is 67.0 Å². The maximum Gasteiger partial charge on any atom is 0.242 e. The maximum atomic E-state index is 12.6. The van der Waals surface area contributed by atoms with E-state index in [1.165, 1.54) is 0 Å². The predicted octanol–water partition coefficient (Wildman–Crippen LogP) is 3.85. The molecule has 0 saturated carbocycles. The number of hydrogen-bond acceptors (Lipinski definition) is 3. The summed E-state index contributed by atoms with van der Waals surface area (Å²) in [5.74, 6) is 0.534. The molecule has 1 atom stereocenters. The lowest BCUT2D eigenvalue weighted by Gasteiger charge is -2.32. The van der Waals surface area contributed by atoms with Crippen LogP contribution < -0.4 is 5.32 Å². The summed E-state index contributed by atoms with van der Waals surface area (Å²) in [5, 5.41) is 7.55. The lowest BCUT2D eigenvalue weighted by molar-refractivity contribution is -0.123. The Morgan fingerprint density at radius 2 is 1.65 bits per heavy atom. The van der Waals surface area contributed by atoms with E-state index in [0.29, 0.717) is 5.82 Å². The van der Waals surface area contributed by atoms with Crippen molar-refractivity contribution in [3.8, 4) is 11.4 Å². The molecule has 0 spiro atoms. The number of amides is 1. The minimum Gasteiger partial charge on any atom is -0.347 e. The average Bonchev–Trinajstić information content (AvgIpc) is 3.09. The van der Waals surface area contributed by atoms with Crippen LogP contribution in [-0.2, 0) is 11.3 Å². The zero-order valence-corrected chi connectivity index (χ0v) is 15.4. The van der Waals surface area contributed by atoms with E-state index in [-0.39, 0.29) is 23.9 Å². The highest BCUT2D eigenvalue weighted by Gasteiger charge is 2.27. The first-order valence-corrected chi connectivity index (χ1v) is 8.72. The van der Waals surface area contributed by atoms with Crippen molar-refractivity contribution in [1.29, 1.82) is 0 Å². The van der Waals surface area contributed by atoms with Gasteiger partial charge in [-0.3, -0.25) is 4.79 Å². The second-order valence-electron chi connectivity index (χ2n) is 7.41. The number of nitrogens with one attached hydrogen (secondary N) is 1. The minimum absolute atomic E-state index is 0.0756. The van der Waals surface area contributed by atoms with Crippen molar-refractivity contribution in [3.63, 3.8) is 0 Å². The van der Waals surface area contributed by atoms with Gasteiger partial charge in [-0.2, -0.15) is 5.10 Å². The summed E-state index contributed by atoms with van der Waals surface area (Å²) in [7, 11) is 0. The number of carbonyl (C=O) groups excluding carboxylic acids is 1. The molecule has 0 radical (unpaired) electrons. The molecule has 3 rings (SSSR count). The number of nitrogens with zero attached hydrogens (tertiary/aromatic N) is 3. The summed E-state index contributed by atoms with van der Waals surface area (Å²) < 4.78 is 1.57. The Balaban J connectivity index is 1.71. The molecule has 1 heterocycles. The number of hydrogen-bond donors (Lipinski definition) is 1. The fraction of sp³-hybridized carbons (Fsp3) is 0.286. The van der Waals surface area contributed by atoms with Crippen molar-refractivity contribution in [3.05, 3.63) is 72.6 Å². The molecule has 1 N–H and O–H groups in total. The van der Waals surface area contributed by atoms with Crippen LogP contribution in [0.2, 0.25) is 0 Å². The fourth-order valence-corrected chi connectivity index (χ4v) is 2.89. The van der Waals surface area contributed by atoms with Crippen LogP contribution >= 0.6 is 0 Å². The van der Waals surface area contributed by atoms with Gasteiger partial charge in [-0.15, -0.1) is 0 Å². The first-order valence-electron chi connectivity index (χ1n) is 8.72. The van der Waals surface area contributed by atoms with Crippen LogP contribution in [0.5, 0.6) is 0 Å². The van der Waals surface area contributed by atoms with E-state index in [1.807, 2.05) is 60.7 Å². The van der Waals surface area contributed by atoms with Gasteiger partial charge in [0.15, 0.2) is 5.82 Å². The Hall–Kier alpha value is -2.95. The monoisotopic (exact) mass is 348 g/mol. The smallest absolute Gasteiger partial charge is 0.242 e. The number of carbonyl (C=O) groups is 1. The molecule has 26 heavy (non-hydrogen) atoms. The first-order chi connectivity index (χ1) is 12.4. The largest absolute Gasteiger partial charge is 0.347 e. The molecular weight excluding hydrogens is 324 g/mol. The molecule has 134 valence electrons. The molecule has 1 amide bonds. The number of aromatic nitrogens is 3. The van der Waals surface area contributed by atoms with Gasteiger partial charge in [-0.1, -0.05) is 81.4 Å². The van der Waals surface area contributed by atoms with Gasteiger partial charge in [-0.05, 0) is 11.0 Å². The van der Waals surface area contributed by atoms with Crippen LogP contribution in [0, 0.1) is 5.41 Å². The first kappa shape index (κ1) is 17.9. The second-order valence-corrected chi connectivity index (χ2v) is 7.41. The topological polar surface area (TPSA) is 59.8 Å². The maximum absolute atomic E-state index is 12.6. The van der Waals surface area contributed by atoms with E-state index in [4.69, 9.17) is 0 Å². The molecule has 5 nitrogen and oxygen atoms in total. The molecule has 1 aromatic heterocycles. The van der Waals surface area contributed by atoms with Crippen molar-refractivity contribution < 1.29 is 4.79 Å². The molecule has 0 fully saturated rings. The molecule has 0 saturated heterocycles. The third kappa shape index (κ3) is 4.36. The lowest BCUT2D eigenvalue weighted by Crippen LogP contribution is -2.38. The van der Waals surface area contributed by atoms with Crippen LogP contribution in [0.4, 0.5) is 0 Å². The molecule has 0 aliphatic carbocycles. The minimum atomic E-state index is -0.103. The molecule has 3 aromatic rings. The molecule has 0 aliphatic heterocycles. The van der Waals surface area contributed by atoms with E-state index in [2.05, 4.69) is 36.2 Å². The summed E-state index contributed by atoms with van der Waals surface area (Å²) in [5.41, 5.74) is 1.93. The SMILES string of the molecule is CC(C)(C)[C@@H](NC(=O)Cn1cnc(-c2ccccc2)n1)c1ccccc1. The van der Waals surface area contributed by atoms with Crippen LogP contribution in [0.1, 0.15) is 32.4 Å². The molecule has 0 aliphatic rings. The number of rotatable bonds is 5. The molecule has 0 bridgehead atoms. The summed E-state index contributed by atoms with van der Waals surface area (Å²) >= 11 is 0. The third-order valence-corrected chi connectivity index (χ3v) is 4.18. The van der Waals surface area contributed by atoms with Crippen LogP contribution in [0.3, 0.4) is 0 Å². The van der Waals surface area contributed by atoms with E-state index in [0.717, 1.165) is 11.1 Å². The van der Waals surface area contributed by atoms with Crippen molar-refractivity contribution in [2.45, 2.75) is 33.4 Å². The summed E-state index contributed by atoms with van der Waals surface area (Å²) in [6, 6.07) is 19.7. The van der Waals surface area contributed by atoms with E-state index in [9.17, 15) is 4.79 Å². The van der Waals surface area contributed by atoms with Gasteiger partial charge >= 0.3 is 0 Å². The van der Waals surface area contributed by atoms with Gasteiger partial charge in [-0.25, -0.2) is 9.67 Å². The van der Waals surface area contributed by atoms with E-state index in [1.54, 1.807) is 11.0 Å². The molecular formula is C21H24N4O. The van der Waals surface area contributed by atoms with Crippen LogP contribution in [0.25, 0.3) is 11.4 Å². The van der Waals surface area contributed by atoms with Crippen molar-refractivity contribution in [1.82, 2.24) is 20.1 Å². The molecule has 5 heteroatoms. The van der Waals surface area contributed by atoms with Gasteiger partial charge < -0.3 is 5.32 Å². The quantitative estimate of drug-likeness (QED) is 0.762. The number of benzene rings is 2. The van der Waals surface area contributed by atoms with Crippen molar-refractivity contribution >= 4 is 5.91 Å². The van der Waals surface area contributed by atoms with E-state index < -0.39 is 0 Å².